The fraction of sp³-hybridized carbons (Fsp3) is 0.182. The van der Waals surface area contributed by atoms with Crippen molar-refractivity contribution in [3.05, 3.63) is 77.9 Å². The second kappa shape index (κ2) is 6.46. The average Bonchev–Trinajstić information content (AvgIpc) is 3.29. The maximum atomic E-state index is 9.18. The average molecular weight is 366 g/mol. The van der Waals surface area contributed by atoms with Gasteiger partial charge in [-0.05, 0) is 41.7 Å². The van der Waals surface area contributed by atoms with Crippen LogP contribution in [0.25, 0.3) is 16.9 Å². The van der Waals surface area contributed by atoms with Crippen molar-refractivity contribution < 1.29 is 0 Å². The fourth-order valence-electron chi connectivity index (χ4n) is 4.00. The Morgan fingerprint density at radius 3 is 2.86 bits per heavy atom. The summed E-state index contributed by atoms with van der Waals surface area (Å²) in [5.41, 5.74) is 4.97. The number of nitrogens with zero attached hydrogens (tertiary/aromatic N) is 5. The molecule has 0 saturated carbocycles. The highest BCUT2D eigenvalue weighted by molar-refractivity contribution is 5.78. The van der Waals surface area contributed by atoms with Gasteiger partial charge in [-0.25, -0.2) is 9.97 Å². The Kier molecular flexibility index (Phi) is 3.80. The van der Waals surface area contributed by atoms with Gasteiger partial charge in [-0.1, -0.05) is 31.2 Å². The smallest absolute Gasteiger partial charge is 0.159 e. The quantitative estimate of drug-likeness (QED) is 0.583. The third-order valence-electron chi connectivity index (χ3n) is 5.36. The summed E-state index contributed by atoms with van der Waals surface area (Å²) in [5, 5.41) is 12.7. The predicted molar refractivity (Wildman–Crippen MR) is 107 cm³/mol. The molecule has 6 heteroatoms. The summed E-state index contributed by atoms with van der Waals surface area (Å²) in [6, 6.07) is 16.4. The van der Waals surface area contributed by atoms with E-state index in [9.17, 15) is 5.26 Å². The van der Waals surface area contributed by atoms with Crippen molar-refractivity contribution in [2.45, 2.75) is 25.3 Å². The first-order chi connectivity index (χ1) is 13.7. The van der Waals surface area contributed by atoms with Crippen molar-refractivity contribution in [3.8, 4) is 11.9 Å². The molecule has 6 nitrogen and oxygen atoms in total. The minimum absolute atomic E-state index is 0.223. The maximum absolute atomic E-state index is 9.18. The van der Waals surface area contributed by atoms with E-state index in [0.717, 1.165) is 23.3 Å². The molecule has 0 bridgehead atoms. The summed E-state index contributed by atoms with van der Waals surface area (Å²) in [4.78, 5) is 13.5. The molecule has 0 radical (unpaired) electrons. The van der Waals surface area contributed by atoms with Crippen molar-refractivity contribution in [3.63, 3.8) is 0 Å². The standard InChI is InChI=1S/C22H18N6/c1-14-8-19(17-5-3-2-4-16(14)17)26-21-11-24-12-22(27-21)28-13-25-18-7-6-15(10-23)9-20(18)28/h2-7,9,11-14,19H,8H2,1H3,(H,26,27). The van der Waals surface area contributed by atoms with Crippen molar-refractivity contribution in [1.82, 2.24) is 19.5 Å². The molecule has 2 unspecified atom stereocenters. The van der Waals surface area contributed by atoms with Crippen molar-refractivity contribution in [2.24, 2.45) is 0 Å². The monoisotopic (exact) mass is 366 g/mol. The van der Waals surface area contributed by atoms with Crippen LogP contribution in [0.15, 0.2) is 61.2 Å². The number of imidazole rings is 1. The first-order valence-corrected chi connectivity index (χ1v) is 9.28. The van der Waals surface area contributed by atoms with E-state index in [2.05, 4.69) is 52.5 Å². The molecule has 136 valence electrons. The minimum atomic E-state index is 0.223. The number of nitrogens with one attached hydrogen (secondary N) is 1. The van der Waals surface area contributed by atoms with E-state index in [1.807, 2.05) is 16.7 Å². The molecule has 1 N–H and O–H groups in total. The molecule has 5 rings (SSSR count). The predicted octanol–water partition coefficient (Wildman–Crippen LogP) is 4.35. The molecule has 2 aromatic carbocycles. The number of fused-ring (bicyclic) bond motifs is 2. The SMILES string of the molecule is CC1CC(Nc2cncc(-n3cnc4ccc(C#N)cc43)n2)c2ccccc21. The highest BCUT2D eigenvalue weighted by atomic mass is 15.2. The summed E-state index contributed by atoms with van der Waals surface area (Å²) >= 11 is 0. The van der Waals surface area contributed by atoms with E-state index in [0.29, 0.717) is 17.3 Å². The lowest BCUT2D eigenvalue weighted by Crippen LogP contribution is -2.10. The molecule has 4 aromatic rings. The van der Waals surface area contributed by atoms with Crippen LogP contribution in [0.3, 0.4) is 0 Å². The molecule has 0 aliphatic heterocycles. The van der Waals surface area contributed by atoms with Gasteiger partial charge in [0.2, 0.25) is 0 Å². The summed E-state index contributed by atoms with van der Waals surface area (Å²) in [6.07, 6.45) is 6.20. The van der Waals surface area contributed by atoms with Crippen molar-refractivity contribution in [2.75, 3.05) is 5.32 Å². The Bertz CT molecular complexity index is 1220. The number of anilines is 1. The maximum Gasteiger partial charge on any atom is 0.159 e. The molecule has 2 aromatic heterocycles. The fourth-order valence-corrected chi connectivity index (χ4v) is 4.00. The van der Waals surface area contributed by atoms with Gasteiger partial charge in [-0.3, -0.25) is 9.55 Å². The Labute approximate surface area is 162 Å². The first-order valence-electron chi connectivity index (χ1n) is 9.28. The normalized spacial score (nSPS) is 18.0. The topological polar surface area (TPSA) is 79.4 Å². The Morgan fingerprint density at radius 1 is 1.14 bits per heavy atom. The van der Waals surface area contributed by atoms with Crippen LogP contribution in [0.2, 0.25) is 0 Å². The first kappa shape index (κ1) is 16.5. The third kappa shape index (κ3) is 2.69. The van der Waals surface area contributed by atoms with E-state index < -0.39 is 0 Å². The highest BCUT2D eigenvalue weighted by Gasteiger charge is 2.27. The van der Waals surface area contributed by atoms with E-state index in [4.69, 9.17) is 4.98 Å². The van der Waals surface area contributed by atoms with E-state index in [1.54, 1.807) is 24.8 Å². The van der Waals surface area contributed by atoms with Gasteiger partial charge in [0.1, 0.15) is 12.1 Å². The van der Waals surface area contributed by atoms with E-state index in [1.165, 1.54) is 11.1 Å². The molecule has 2 heterocycles. The summed E-state index contributed by atoms with van der Waals surface area (Å²) in [5.74, 6) is 1.92. The summed E-state index contributed by atoms with van der Waals surface area (Å²) in [7, 11) is 0. The van der Waals surface area contributed by atoms with Gasteiger partial charge < -0.3 is 5.32 Å². The van der Waals surface area contributed by atoms with Crippen LogP contribution in [-0.4, -0.2) is 19.5 Å². The van der Waals surface area contributed by atoms with Crippen LogP contribution in [0.4, 0.5) is 5.82 Å². The second-order valence-electron chi connectivity index (χ2n) is 7.15. The van der Waals surface area contributed by atoms with Gasteiger partial charge in [0.05, 0.1) is 41.1 Å². The summed E-state index contributed by atoms with van der Waals surface area (Å²) in [6.45, 7) is 2.26. The van der Waals surface area contributed by atoms with Crippen LogP contribution in [0.5, 0.6) is 0 Å². The lowest BCUT2D eigenvalue weighted by molar-refractivity contribution is 0.668. The van der Waals surface area contributed by atoms with Crippen molar-refractivity contribution in [1.29, 1.82) is 5.26 Å². The number of nitriles is 1. The molecular formula is C22H18N6. The second-order valence-corrected chi connectivity index (χ2v) is 7.15. The Hall–Kier alpha value is -3.72. The zero-order chi connectivity index (χ0) is 19.1. The third-order valence-corrected chi connectivity index (χ3v) is 5.36. The van der Waals surface area contributed by atoms with Gasteiger partial charge >= 0.3 is 0 Å². The van der Waals surface area contributed by atoms with Gasteiger partial charge in [0, 0.05) is 0 Å². The van der Waals surface area contributed by atoms with Gasteiger partial charge in [-0.15, -0.1) is 0 Å². The number of hydrogen-bond donors (Lipinski definition) is 1. The zero-order valence-electron chi connectivity index (χ0n) is 15.4. The van der Waals surface area contributed by atoms with Crippen LogP contribution in [0, 0.1) is 11.3 Å². The number of aromatic nitrogens is 4. The van der Waals surface area contributed by atoms with Crippen LogP contribution in [-0.2, 0) is 0 Å². The molecule has 0 spiro atoms. The molecule has 1 aliphatic carbocycles. The molecule has 2 atom stereocenters. The van der Waals surface area contributed by atoms with Crippen LogP contribution >= 0.6 is 0 Å². The largest absolute Gasteiger partial charge is 0.362 e. The van der Waals surface area contributed by atoms with Gasteiger partial charge in [0.15, 0.2) is 5.82 Å². The lowest BCUT2D eigenvalue weighted by Gasteiger charge is -2.15. The van der Waals surface area contributed by atoms with Gasteiger partial charge in [0.25, 0.3) is 0 Å². The molecule has 1 aliphatic rings. The Morgan fingerprint density at radius 2 is 2.00 bits per heavy atom. The summed E-state index contributed by atoms with van der Waals surface area (Å²) < 4.78 is 1.86. The molecule has 0 fully saturated rings. The Balaban J connectivity index is 1.49. The molecular weight excluding hydrogens is 348 g/mol. The molecule has 0 amide bonds. The zero-order valence-corrected chi connectivity index (χ0v) is 15.4. The molecule has 28 heavy (non-hydrogen) atoms. The van der Waals surface area contributed by atoms with Crippen molar-refractivity contribution >= 4 is 16.9 Å². The minimum Gasteiger partial charge on any atom is -0.362 e. The van der Waals surface area contributed by atoms with E-state index >= 15 is 0 Å². The highest BCUT2D eigenvalue weighted by Crippen LogP contribution is 2.41. The van der Waals surface area contributed by atoms with Gasteiger partial charge in [-0.2, -0.15) is 5.26 Å². The van der Waals surface area contributed by atoms with Crippen LogP contribution in [0.1, 0.15) is 42.0 Å². The lowest BCUT2D eigenvalue weighted by atomic mass is 10.0. The van der Waals surface area contributed by atoms with E-state index in [-0.39, 0.29) is 6.04 Å². The molecule has 0 saturated heterocycles. The number of benzene rings is 2. The number of rotatable bonds is 3. The number of hydrogen-bond acceptors (Lipinski definition) is 5. The van der Waals surface area contributed by atoms with Crippen LogP contribution < -0.4 is 5.32 Å².